The minimum atomic E-state index is -4.99. The average molecular weight is 312 g/mol. The summed E-state index contributed by atoms with van der Waals surface area (Å²) in [5.74, 6) is -3.02. The third-order valence-corrected chi connectivity index (χ3v) is 1.89. The van der Waals surface area contributed by atoms with E-state index in [4.69, 9.17) is 11.6 Å². The third-order valence-electron chi connectivity index (χ3n) is 1.69. The van der Waals surface area contributed by atoms with Crippen LogP contribution in [0.4, 0.5) is 13.2 Å². The number of aromatic nitrogens is 1. The number of ketones is 2. The van der Waals surface area contributed by atoms with Crippen LogP contribution in [-0.2, 0) is 4.79 Å². The van der Waals surface area contributed by atoms with Crippen molar-refractivity contribution in [3.63, 3.8) is 0 Å². The van der Waals surface area contributed by atoms with Gasteiger partial charge in [-0.3, -0.25) is 9.59 Å². The van der Waals surface area contributed by atoms with Crippen LogP contribution in [0.2, 0.25) is 5.15 Å². The zero-order chi connectivity index (χ0) is 16.3. The van der Waals surface area contributed by atoms with Crippen molar-refractivity contribution in [1.82, 2.24) is 4.98 Å². The van der Waals surface area contributed by atoms with Crippen LogP contribution in [0.3, 0.4) is 0 Å². The normalized spacial score (nSPS) is 9.60. The monoisotopic (exact) mass is 311 g/mol. The highest BCUT2D eigenvalue weighted by Crippen LogP contribution is 2.19. The van der Waals surface area contributed by atoms with Crippen molar-refractivity contribution in [2.75, 3.05) is 0 Å². The number of alkyl halides is 3. The summed E-state index contributed by atoms with van der Waals surface area (Å²) >= 11 is 5.44. The number of pyridine rings is 1. The number of carbonyl (C=O) groups excluding carboxylic acids is 2. The molecule has 0 amide bonds. The van der Waals surface area contributed by atoms with Crippen molar-refractivity contribution in [2.45, 2.75) is 40.3 Å². The topological polar surface area (TPSA) is 47.0 Å². The summed E-state index contributed by atoms with van der Waals surface area (Å²) in [6.07, 6.45) is -5.04. The predicted molar refractivity (Wildman–Crippen MR) is 72.0 cm³/mol. The molecule has 114 valence electrons. The van der Waals surface area contributed by atoms with Crippen molar-refractivity contribution < 1.29 is 22.8 Å². The summed E-state index contributed by atoms with van der Waals surface area (Å²) in [7, 11) is 0. The molecule has 0 saturated carbocycles. The summed E-state index contributed by atoms with van der Waals surface area (Å²) < 4.78 is 35.6. The van der Waals surface area contributed by atoms with Gasteiger partial charge in [0.1, 0.15) is 5.15 Å². The molecule has 0 aliphatic rings. The van der Waals surface area contributed by atoms with Gasteiger partial charge in [-0.2, -0.15) is 13.2 Å². The first-order valence-electron chi connectivity index (χ1n) is 6.05. The Morgan fingerprint density at radius 1 is 1.20 bits per heavy atom. The molecule has 0 aliphatic carbocycles. The molecule has 0 radical (unpaired) electrons. The minimum Gasteiger partial charge on any atom is -0.294 e. The van der Waals surface area contributed by atoms with E-state index in [1.54, 1.807) is 0 Å². The van der Waals surface area contributed by atoms with E-state index >= 15 is 0 Å². The quantitative estimate of drug-likeness (QED) is 0.469. The molecule has 0 bridgehead atoms. The van der Waals surface area contributed by atoms with E-state index in [-0.39, 0.29) is 10.7 Å². The van der Waals surface area contributed by atoms with Crippen molar-refractivity contribution >= 4 is 23.2 Å². The molecule has 0 fully saturated rings. The standard InChI is InChI=1S/C9H5ClF3NO2.2C2H6/c10-8-3-5(1-2-14-8)6(15)4-7(16)9(11,12)13;2*1-2/h1-3H,4H2;2*1-2H3. The zero-order valence-electron chi connectivity index (χ0n) is 11.7. The molecule has 0 atom stereocenters. The van der Waals surface area contributed by atoms with Gasteiger partial charge in [-0.25, -0.2) is 4.98 Å². The molecule has 0 unspecified atom stereocenters. The van der Waals surface area contributed by atoms with Gasteiger partial charge in [0.05, 0.1) is 6.42 Å². The first-order chi connectivity index (χ1) is 9.30. The second-order valence-corrected chi connectivity index (χ2v) is 3.28. The summed E-state index contributed by atoms with van der Waals surface area (Å²) in [6.45, 7) is 8.00. The van der Waals surface area contributed by atoms with Gasteiger partial charge in [0.25, 0.3) is 0 Å². The van der Waals surface area contributed by atoms with Crippen LogP contribution in [-0.4, -0.2) is 22.7 Å². The van der Waals surface area contributed by atoms with Crippen LogP contribution < -0.4 is 0 Å². The van der Waals surface area contributed by atoms with Gasteiger partial charge in [-0.05, 0) is 12.1 Å². The Labute approximate surface area is 121 Å². The van der Waals surface area contributed by atoms with E-state index < -0.39 is 24.2 Å². The number of nitrogens with zero attached hydrogens (tertiary/aromatic N) is 1. The van der Waals surface area contributed by atoms with Crippen LogP contribution in [0, 0.1) is 0 Å². The van der Waals surface area contributed by atoms with Crippen LogP contribution in [0.5, 0.6) is 0 Å². The van der Waals surface area contributed by atoms with Crippen LogP contribution in [0.15, 0.2) is 18.3 Å². The molecular formula is C13H17ClF3NO2. The highest BCUT2D eigenvalue weighted by Gasteiger charge is 2.39. The second-order valence-electron chi connectivity index (χ2n) is 2.89. The Bertz CT molecular complexity index is 434. The Morgan fingerprint density at radius 2 is 1.70 bits per heavy atom. The van der Waals surface area contributed by atoms with Crippen LogP contribution in [0.1, 0.15) is 44.5 Å². The van der Waals surface area contributed by atoms with Crippen molar-refractivity contribution in [3.05, 3.63) is 29.0 Å². The summed E-state index contributed by atoms with van der Waals surface area (Å²) in [6, 6.07) is 2.30. The van der Waals surface area contributed by atoms with Crippen LogP contribution >= 0.6 is 11.6 Å². The third kappa shape index (κ3) is 7.89. The first kappa shape index (κ1) is 20.9. The smallest absolute Gasteiger partial charge is 0.294 e. The molecule has 1 heterocycles. The molecule has 0 N–H and O–H groups in total. The Kier molecular flexibility index (Phi) is 10.8. The fourth-order valence-electron chi connectivity index (χ4n) is 0.924. The SMILES string of the molecule is CC.CC.O=C(CC(=O)C(F)(F)F)c1ccnc(Cl)c1. The van der Waals surface area contributed by atoms with Gasteiger partial charge < -0.3 is 0 Å². The largest absolute Gasteiger partial charge is 0.450 e. The Balaban J connectivity index is 0. The van der Waals surface area contributed by atoms with Crippen molar-refractivity contribution in [3.8, 4) is 0 Å². The van der Waals surface area contributed by atoms with E-state index in [0.717, 1.165) is 6.07 Å². The van der Waals surface area contributed by atoms with Crippen LogP contribution in [0.25, 0.3) is 0 Å². The lowest BCUT2D eigenvalue weighted by Crippen LogP contribution is -2.25. The van der Waals surface area contributed by atoms with Gasteiger partial charge in [0.15, 0.2) is 5.78 Å². The summed E-state index contributed by atoms with van der Waals surface area (Å²) in [4.78, 5) is 25.3. The molecule has 0 saturated heterocycles. The molecule has 1 aromatic rings. The minimum absolute atomic E-state index is 0.0229. The van der Waals surface area contributed by atoms with E-state index in [9.17, 15) is 22.8 Å². The Hall–Kier alpha value is -1.43. The van der Waals surface area contributed by atoms with E-state index in [1.807, 2.05) is 27.7 Å². The molecule has 0 aromatic carbocycles. The number of hydrogen-bond donors (Lipinski definition) is 0. The molecular weight excluding hydrogens is 295 g/mol. The fourth-order valence-corrected chi connectivity index (χ4v) is 1.10. The molecule has 20 heavy (non-hydrogen) atoms. The van der Waals surface area contributed by atoms with Crippen molar-refractivity contribution in [1.29, 1.82) is 0 Å². The molecule has 0 spiro atoms. The molecule has 1 rings (SSSR count). The highest BCUT2D eigenvalue weighted by molar-refractivity contribution is 6.29. The molecule has 0 aliphatic heterocycles. The lowest BCUT2D eigenvalue weighted by molar-refractivity contribution is -0.170. The fraction of sp³-hybridized carbons (Fsp3) is 0.462. The van der Waals surface area contributed by atoms with Crippen molar-refractivity contribution in [2.24, 2.45) is 0 Å². The van der Waals surface area contributed by atoms with E-state index in [1.165, 1.54) is 12.3 Å². The van der Waals surface area contributed by atoms with Gasteiger partial charge in [0, 0.05) is 11.8 Å². The Morgan fingerprint density at radius 3 is 2.10 bits per heavy atom. The molecule has 1 aromatic heterocycles. The number of hydrogen-bond acceptors (Lipinski definition) is 3. The zero-order valence-corrected chi connectivity index (χ0v) is 12.5. The summed E-state index contributed by atoms with van der Waals surface area (Å²) in [5.41, 5.74) is -0.0717. The maximum atomic E-state index is 11.9. The van der Waals surface area contributed by atoms with E-state index in [2.05, 4.69) is 4.98 Å². The number of rotatable bonds is 3. The van der Waals surface area contributed by atoms with E-state index in [0.29, 0.717) is 0 Å². The maximum absolute atomic E-state index is 11.9. The van der Waals surface area contributed by atoms with Gasteiger partial charge in [-0.15, -0.1) is 0 Å². The number of halogens is 4. The first-order valence-corrected chi connectivity index (χ1v) is 6.43. The average Bonchev–Trinajstić information content (AvgIpc) is 2.42. The lowest BCUT2D eigenvalue weighted by Gasteiger charge is -2.04. The van der Waals surface area contributed by atoms with Gasteiger partial charge in [-0.1, -0.05) is 39.3 Å². The maximum Gasteiger partial charge on any atom is 0.450 e. The second kappa shape index (κ2) is 10.4. The molecule has 3 nitrogen and oxygen atoms in total. The predicted octanol–water partition coefficient (Wildman–Crippen LogP) is 4.49. The number of carbonyl (C=O) groups is 2. The molecule has 7 heteroatoms. The number of Topliss-reactive ketones (excluding diaryl/α,β-unsaturated/α-hetero) is 2. The highest BCUT2D eigenvalue weighted by atomic mass is 35.5. The van der Waals surface area contributed by atoms with Gasteiger partial charge >= 0.3 is 6.18 Å². The van der Waals surface area contributed by atoms with Gasteiger partial charge in [0.2, 0.25) is 5.78 Å². The summed E-state index contributed by atoms with van der Waals surface area (Å²) in [5, 5.41) is -0.0229. The lowest BCUT2D eigenvalue weighted by atomic mass is 10.1.